The van der Waals surface area contributed by atoms with Crippen molar-refractivity contribution in [1.29, 1.82) is 0 Å². The van der Waals surface area contributed by atoms with Crippen LogP contribution in [0.25, 0.3) is 0 Å². The normalized spacial score (nSPS) is 15.3. The number of ether oxygens (including phenoxy) is 2. The Hall–Kier alpha value is -1.18. The van der Waals surface area contributed by atoms with Gasteiger partial charge in [0.25, 0.3) is 0 Å². The smallest absolute Gasteiger partial charge is 0.231 e. The van der Waals surface area contributed by atoms with Gasteiger partial charge in [0.1, 0.15) is 0 Å². The number of benzene rings is 1. The van der Waals surface area contributed by atoms with E-state index in [9.17, 15) is 0 Å². The van der Waals surface area contributed by atoms with Crippen LogP contribution in [0.2, 0.25) is 0 Å². The highest BCUT2D eigenvalue weighted by atomic mass is 16.7. The van der Waals surface area contributed by atoms with E-state index in [4.69, 9.17) is 9.47 Å². The summed E-state index contributed by atoms with van der Waals surface area (Å²) in [6.07, 6.45) is 3.74. The lowest BCUT2D eigenvalue weighted by Crippen LogP contribution is -2.02. The van der Waals surface area contributed by atoms with Crippen LogP contribution in [-0.4, -0.2) is 6.79 Å². The van der Waals surface area contributed by atoms with Crippen molar-refractivity contribution in [1.82, 2.24) is 0 Å². The van der Waals surface area contributed by atoms with Gasteiger partial charge in [-0.05, 0) is 36.0 Å². The van der Waals surface area contributed by atoms with Crippen LogP contribution in [0.3, 0.4) is 0 Å². The number of hydrogen-bond donors (Lipinski definition) is 0. The van der Waals surface area contributed by atoms with E-state index in [1.165, 1.54) is 18.4 Å². The van der Waals surface area contributed by atoms with Crippen LogP contribution >= 0.6 is 0 Å². The van der Waals surface area contributed by atoms with Gasteiger partial charge in [-0.15, -0.1) is 0 Å². The van der Waals surface area contributed by atoms with Crippen molar-refractivity contribution >= 4 is 0 Å². The summed E-state index contributed by atoms with van der Waals surface area (Å²) in [5, 5.41) is 0. The van der Waals surface area contributed by atoms with Crippen molar-refractivity contribution in [2.24, 2.45) is 11.8 Å². The zero-order valence-corrected chi connectivity index (χ0v) is 11.0. The monoisotopic (exact) mass is 234 g/mol. The minimum absolute atomic E-state index is 0.363. The third-order valence-electron chi connectivity index (χ3n) is 3.26. The van der Waals surface area contributed by atoms with Gasteiger partial charge in [0.2, 0.25) is 6.79 Å². The Morgan fingerprint density at radius 2 is 1.82 bits per heavy atom. The highest BCUT2D eigenvalue weighted by Gasteiger charge is 2.14. The van der Waals surface area contributed by atoms with E-state index in [1.807, 2.05) is 6.07 Å². The summed E-state index contributed by atoms with van der Waals surface area (Å²) < 4.78 is 10.7. The van der Waals surface area contributed by atoms with Gasteiger partial charge in [-0.3, -0.25) is 0 Å². The first-order valence-electron chi connectivity index (χ1n) is 6.53. The Balaban J connectivity index is 1.90. The zero-order chi connectivity index (χ0) is 12.3. The molecule has 2 nitrogen and oxygen atoms in total. The van der Waals surface area contributed by atoms with E-state index >= 15 is 0 Å². The maximum Gasteiger partial charge on any atom is 0.231 e. The van der Waals surface area contributed by atoms with Crippen molar-refractivity contribution < 1.29 is 9.47 Å². The van der Waals surface area contributed by atoms with Crippen molar-refractivity contribution in [2.45, 2.75) is 40.0 Å². The fourth-order valence-electron chi connectivity index (χ4n) is 2.19. The molecule has 1 aromatic carbocycles. The third kappa shape index (κ3) is 3.39. The van der Waals surface area contributed by atoms with E-state index in [1.54, 1.807) is 0 Å². The molecule has 0 saturated heterocycles. The number of rotatable bonds is 5. The average Bonchev–Trinajstić information content (AvgIpc) is 2.73. The fourth-order valence-corrected chi connectivity index (χ4v) is 2.19. The molecular formula is C15H22O2. The summed E-state index contributed by atoms with van der Waals surface area (Å²) in [5.74, 6) is 3.31. The largest absolute Gasteiger partial charge is 0.454 e. The van der Waals surface area contributed by atoms with Gasteiger partial charge in [-0.2, -0.15) is 0 Å². The van der Waals surface area contributed by atoms with E-state index in [0.29, 0.717) is 6.79 Å². The molecule has 0 saturated carbocycles. The molecule has 94 valence electrons. The Labute approximate surface area is 104 Å². The molecule has 1 atom stereocenters. The quantitative estimate of drug-likeness (QED) is 0.765. The van der Waals surface area contributed by atoms with Gasteiger partial charge >= 0.3 is 0 Å². The second kappa shape index (κ2) is 5.44. The van der Waals surface area contributed by atoms with Crippen LogP contribution < -0.4 is 9.47 Å². The number of hydrogen-bond acceptors (Lipinski definition) is 2. The molecule has 0 aliphatic carbocycles. The lowest BCUT2D eigenvalue weighted by atomic mass is 9.93. The van der Waals surface area contributed by atoms with Crippen molar-refractivity contribution in [3.8, 4) is 11.5 Å². The molecule has 0 unspecified atom stereocenters. The van der Waals surface area contributed by atoms with E-state index in [2.05, 4.69) is 32.9 Å². The second-order valence-electron chi connectivity index (χ2n) is 5.47. The highest BCUT2D eigenvalue weighted by molar-refractivity contribution is 5.44. The lowest BCUT2D eigenvalue weighted by Gasteiger charge is -2.13. The van der Waals surface area contributed by atoms with Crippen molar-refractivity contribution in [2.75, 3.05) is 6.79 Å². The van der Waals surface area contributed by atoms with Crippen LogP contribution in [0.15, 0.2) is 18.2 Å². The topological polar surface area (TPSA) is 18.5 Å². The summed E-state index contributed by atoms with van der Waals surface area (Å²) in [6, 6.07) is 6.29. The van der Waals surface area contributed by atoms with E-state index in [-0.39, 0.29) is 0 Å². The molecule has 17 heavy (non-hydrogen) atoms. The molecule has 0 amide bonds. The minimum Gasteiger partial charge on any atom is -0.454 e. The van der Waals surface area contributed by atoms with Crippen LogP contribution in [0, 0.1) is 11.8 Å². The second-order valence-corrected chi connectivity index (χ2v) is 5.47. The molecule has 0 bridgehead atoms. The van der Waals surface area contributed by atoms with Crippen LogP contribution in [0.4, 0.5) is 0 Å². The van der Waals surface area contributed by atoms with Gasteiger partial charge in [-0.25, -0.2) is 0 Å². The Bertz CT molecular complexity index is 371. The van der Waals surface area contributed by atoms with Gasteiger partial charge in [0, 0.05) is 0 Å². The van der Waals surface area contributed by atoms with Gasteiger partial charge < -0.3 is 9.47 Å². The fraction of sp³-hybridized carbons (Fsp3) is 0.600. The van der Waals surface area contributed by atoms with Crippen molar-refractivity contribution in [3.05, 3.63) is 23.8 Å². The number of fused-ring (bicyclic) bond motifs is 1. The zero-order valence-electron chi connectivity index (χ0n) is 11.0. The molecule has 0 N–H and O–H groups in total. The van der Waals surface area contributed by atoms with Crippen molar-refractivity contribution in [3.63, 3.8) is 0 Å². The molecule has 2 heteroatoms. The van der Waals surface area contributed by atoms with Crippen LogP contribution in [-0.2, 0) is 6.42 Å². The first kappa shape index (κ1) is 12.3. The summed E-state index contributed by atoms with van der Waals surface area (Å²) in [6.45, 7) is 7.26. The maximum absolute atomic E-state index is 5.40. The lowest BCUT2D eigenvalue weighted by molar-refractivity contribution is 0.174. The molecule has 0 spiro atoms. The SMILES string of the molecule is CC(C)CC[C@H](C)Cc1ccc2c(c1)OCO2. The molecule has 0 aromatic heterocycles. The third-order valence-corrected chi connectivity index (χ3v) is 3.26. The molecule has 1 aliphatic rings. The molecule has 0 fully saturated rings. The predicted molar refractivity (Wildman–Crippen MR) is 69.5 cm³/mol. The average molecular weight is 234 g/mol. The van der Waals surface area contributed by atoms with Gasteiger partial charge in [0.15, 0.2) is 11.5 Å². The van der Waals surface area contributed by atoms with Gasteiger partial charge in [0.05, 0.1) is 0 Å². The predicted octanol–water partition coefficient (Wildman–Crippen LogP) is 4.03. The molecule has 1 aliphatic heterocycles. The first-order chi connectivity index (χ1) is 8.15. The van der Waals surface area contributed by atoms with Crippen LogP contribution in [0.1, 0.15) is 39.2 Å². The van der Waals surface area contributed by atoms with Crippen LogP contribution in [0.5, 0.6) is 11.5 Å². The molecule has 2 rings (SSSR count). The summed E-state index contributed by atoms with van der Waals surface area (Å²) >= 11 is 0. The first-order valence-corrected chi connectivity index (χ1v) is 6.53. The maximum atomic E-state index is 5.40. The minimum atomic E-state index is 0.363. The molecule has 1 aromatic rings. The summed E-state index contributed by atoms with van der Waals surface area (Å²) in [4.78, 5) is 0. The van der Waals surface area contributed by atoms with Gasteiger partial charge in [-0.1, -0.05) is 39.7 Å². The molecule has 1 heterocycles. The standard InChI is InChI=1S/C15H22O2/c1-11(2)4-5-12(3)8-13-6-7-14-15(9-13)17-10-16-14/h6-7,9,11-12H,4-5,8,10H2,1-3H3/t12-/m0/s1. The summed E-state index contributed by atoms with van der Waals surface area (Å²) in [7, 11) is 0. The molecule has 0 radical (unpaired) electrons. The van der Waals surface area contributed by atoms with E-state index < -0.39 is 0 Å². The Kier molecular flexibility index (Phi) is 3.93. The Morgan fingerprint density at radius 3 is 2.59 bits per heavy atom. The van der Waals surface area contributed by atoms with E-state index in [0.717, 1.165) is 29.8 Å². The highest BCUT2D eigenvalue weighted by Crippen LogP contribution is 2.33. The summed E-state index contributed by atoms with van der Waals surface area (Å²) in [5.41, 5.74) is 1.35. The Morgan fingerprint density at radius 1 is 1.06 bits per heavy atom. The molecular weight excluding hydrogens is 212 g/mol.